The fraction of sp³-hybridized carbons (Fsp3) is 0.500. The van der Waals surface area contributed by atoms with Gasteiger partial charge in [-0.15, -0.1) is 0 Å². The Morgan fingerprint density at radius 1 is 1.00 bits per heavy atom. The molecule has 0 atom stereocenters. The van der Waals surface area contributed by atoms with Crippen LogP contribution in [0.25, 0.3) is 0 Å². The summed E-state index contributed by atoms with van der Waals surface area (Å²) in [5.74, 6) is 0.112. The first kappa shape index (κ1) is 14.4. The Balaban J connectivity index is 2.13. The smallest absolute Gasteiger partial charge is 0.133 e. The third-order valence-corrected chi connectivity index (χ3v) is 2.77. The number of hydrogen-bond acceptors (Lipinski definition) is 3. The Kier molecular flexibility index (Phi) is 6.05. The van der Waals surface area contributed by atoms with Gasteiger partial charge in [0.25, 0.3) is 0 Å². The Morgan fingerprint density at radius 3 is 2.17 bits per heavy atom. The minimum Gasteiger partial charge on any atom is -0.365 e. The van der Waals surface area contributed by atoms with Crippen molar-refractivity contribution in [2.75, 3.05) is 0 Å². The number of carbonyl (C=O) groups excluding carboxylic acids is 3. The second-order valence-corrected chi connectivity index (χ2v) is 4.47. The number of carbonyl (C=O) groups is 3. The highest BCUT2D eigenvalue weighted by molar-refractivity contribution is 5.88. The molecule has 1 rings (SSSR count). The first-order chi connectivity index (χ1) is 8.58. The van der Waals surface area contributed by atoms with Gasteiger partial charge in [0.1, 0.15) is 17.3 Å². The van der Waals surface area contributed by atoms with E-state index in [9.17, 15) is 14.4 Å². The lowest BCUT2D eigenvalue weighted by Gasteiger charge is -2.00. The summed E-state index contributed by atoms with van der Waals surface area (Å²) in [6, 6.07) is 3.83. The third-order valence-electron chi connectivity index (χ3n) is 2.77. The first-order valence-corrected chi connectivity index (χ1v) is 6.23. The van der Waals surface area contributed by atoms with E-state index in [0.29, 0.717) is 12.8 Å². The molecular formula is C14H19NO3. The van der Waals surface area contributed by atoms with Crippen LogP contribution in [0.2, 0.25) is 0 Å². The molecule has 0 aliphatic carbocycles. The molecule has 0 saturated carbocycles. The number of ketones is 3. The average Bonchev–Trinajstić information content (AvgIpc) is 2.84. The largest absolute Gasteiger partial charge is 0.365 e. The number of rotatable bonds is 9. The molecule has 0 saturated heterocycles. The predicted octanol–water partition coefficient (Wildman–Crippen LogP) is 2.23. The van der Waals surface area contributed by atoms with E-state index in [-0.39, 0.29) is 43.0 Å². The second kappa shape index (κ2) is 7.58. The average molecular weight is 249 g/mol. The van der Waals surface area contributed by atoms with Crippen LogP contribution in [0, 0.1) is 0 Å². The molecule has 1 aromatic heterocycles. The summed E-state index contributed by atoms with van der Waals surface area (Å²) in [4.78, 5) is 36.7. The van der Waals surface area contributed by atoms with Crippen molar-refractivity contribution in [2.24, 2.45) is 0 Å². The third kappa shape index (κ3) is 6.13. The number of aryl methyl sites for hydroxylation is 1. The number of nitrogens with one attached hydrogen (secondary N) is 1. The van der Waals surface area contributed by atoms with Crippen molar-refractivity contribution in [1.29, 1.82) is 0 Å². The summed E-state index contributed by atoms with van der Waals surface area (Å²) in [6.07, 6.45) is 4.07. The van der Waals surface area contributed by atoms with Gasteiger partial charge in [0.15, 0.2) is 0 Å². The van der Waals surface area contributed by atoms with E-state index >= 15 is 0 Å². The number of aromatic nitrogens is 1. The standard InChI is InChI=1S/C14H19NO3/c1-11(16)4-6-13(17)8-9-14(18)7-5-12-3-2-10-15-12/h2-3,10,15H,4-9H2,1H3. The zero-order valence-corrected chi connectivity index (χ0v) is 10.7. The van der Waals surface area contributed by atoms with Crippen molar-refractivity contribution in [1.82, 2.24) is 4.98 Å². The summed E-state index contributed by atoms with van der Waals surface area (Å²) in [5.41, 5.74) is 1.03. The normalized spacial score (nSPS) is 10.3. The summed E-state index contributed by atoms with van der Waals surface area (Å²) in [7, 11) is 0. The van der Waals surface area contributed by atoms with Crippen molar-refractivity contribution < 1.29 is 14.4 Å². The van der Waals surface area contributed by atoms with Crippen LogP contribution in [0.4, 0.5) is 0 Å². The molecule has 4 heteroatoms. The van der Waals surface area contributed by atoms with Gasteiger partial charge in [-0.3, -0.25) is 9.59 Å². The molecule has 0 aromatic carbocycles. The van der Waals surface area contributed by atoms with Crippen LogP contribution >= 0.6 is 0 Å². The van der Waals surface area contributed by atoms with Crippen LogP contribution in [0.3, 0.4) is 0 Å². The number of aromatic amines is 1. The first-order valence-electron chi connectivity index (χ1n) is 6.23. The predicted molar refractivity (Wildman–Crippen MR) is 68.3 cm³/mol. The van der Waals surface area contributed by atoms with Crippen LogP contribution < -0.4 is 0 Å². The highest BCUT2D eigenvalue weighted by atomic mass is 16.1. The highest BCUT2D eigenvalue weighted by Crippen LogP contribution is 2.05. The van der Waals surface area contributed by atoms with Gasteiger partial charge in [-0.1, -0.05) is 0 Å². The van der Waals surface area contributed by atoms with E-state index in [0.717, 1.165) is 5.69 Å². The van der Waals surface area contributed by atoms with Gasteiger partial charge in [0.2, 0.25) is 0 Å². The molecule has 0 radical (unpaired) electrons. The molecule has 0 fully saturated rings. The maximum Gasteiger partial charge on any atom is 0.133 e. The van der Waals surface area contributed by atoms with Crippen LogP contribution in [0.15, 0.2) is 18.3 Å². The monoisotopic (exact) mass is 249 g/mol. The molecule has 18 heavy (non-hydrogen) atoms. The SMILES string of the molecule is CC(=O)CCC(=O)CCC(=O)CCc1ccc[nH]1. The molecule has 1 N–H and O–H groups in total. The molecular weight excluding hydrogens is 230 g/mol. The summed E-state index contributed by atoms with van der Waals surface area (Å²) >= 11 is 0. The van der Waals surface area contributed by atoms with Gasteiger partial charge < -0.3 is 9.78 Å². The number of Topliss-reactive ketones (excluding diaryl/α,β-unsaturated/α-hetero) is 3. The van der Waals surface area contributed by atoms with E-state index in [2.05, 4.69) is 4.98 Å². The Bertz CT molecular complexity index is 407. The summed E-state index contributed by atoms with van der Waals surface area (Å²) in [6.45, 7) is 1.47. The molecule has 1 heterocycles. The van der Waals surface area contributed by atoms with Crippen LogP contribution in [0.5, 0.6) is 0 Å². The molecule has 98 valence electrons. The highest BCUT2D eigenvalue weighted by Gasteiger charge is 2.08. The maximum absolute atomic E-state index is 11.5. The van der Waals surface area contributed by atoms with Crippen molar-refractivity contribution in [3.63, 3.8) is 0 Å². The van der Waals surface area contributed by atoms with Crippen molar-refractivity contribution in [2.45, 2.75) is 45.4 Å². The van der Waals surface area contributed by atoms with E-state index in [1.54, 1.807) is 0 Å². The van der Waals surface area contributed by atoms with Gasteiger partial charge in [-0.2, -0.15) is 0 Å². The Hall–Kier alpha value is -1.71. The lowest BCUT2D eigenvalue weighted by Crippen LogP contribution is -2.06. The molecule has 0 amide bonds. The molecule has 0 spiro atoms. The minimum absolute atomic E-state index is 0.00146. The van der Waals surface area contributed by atoms with Crippen molar-refractivity contribution in [3.05, 3.63) is 24.0 Å². The van der Waals surface area contributed by atoms with Gasteiger partial charge in [-0.05, 0) is 25.5 Å². The second-order valence-electron chi connectivity index (χ2n) is 4.47. The maximum atomic E-state index is 11.5. The van der Waals surface area contributed by atoms with Gasteiger partial charge in [-0.25, -0.2) is 0 Å². The van der Waals surface area contributed by atoms with E-state index < -0.39 is 0 Å². The van der Waals surface area contributed by atoms with E-state index in [1.165, 1.54) is 6.92 Å². The topological polar surface area (TPSA) is 67.0 Å². The number of H-pyrrole nitrogens is 1. The Labute approximate surface area is 107 Å². The molecule has 0 aliphatic heterocycles. The molecule has 0 bridgehead atoms. The van der Waals surface area contributed by atoms with Crippen LogP contribution in [-0.2, 0) is 20.8 Å². The quantitative estimate of drug-likeness (QED) is 0.729. The lowest BCUT2D eigenvalue weighted by molar-refractivity contribution is -0.125. The fourth-order valence-corrected chi connectivity index (χ4v) is 1.64. The van der Waals surface area contributed by atoms with E-state index in [4.69, 9.17) is 0 Å². The molecule has 0 aliphatic rings. The summed E-state index contributed by atoms with van der Waals surface area (Å²) in [5, 5.41) is 0. The van der Waals surface area contributed by atoms with Crippen molar-refractivity contribution >= 4 is 17.3 Å². The Morgan fingerprint density at radius 2 is 1.61 bits per heavy atom. The lowest BCUT2D eigenvalue weighted by atomic mass is 10.0. The zero-order valence-electron chi connectivity index (χ0n) is 10.7. The van der Waals surface area contributed by atoms with Gasteiger partial charge >= 0.3 is 0 Å². The van der Waals surface area contributed by atoms with Crippen molar-refractivity contribution in [3.8, 4) is 0 Å². The number of hydrogen-bond donors (Lipinski definition) is 1. The minimum atomic E-state index is -0.00146. The fourth-order valence-electron chi connectivity index (χ4n) is 1.64. The molecule has 1 aromatic rings. The van der Waals surface area contributed by atoms with Crippen LogP contribution in [-0.4, -0.2) is 22.3 Å². The molecule has 0 unspecified atom stereocenters. The van der Waals surface area contributed by atoms with Gasteiger partial charge in [0.05, 0.1) is 0 Å². The zero-order chi connectivity index (χ0) is 13.4. The summed E-state index contributed by atoms with van der Waals surface area (Å²) < 4.78 is 0. The van der Waals surface area contributed by atoms with E-state index in [1.807, 2.05) is 18.3 Å². The molecule has 4 nitrogen and oxygen atoms in total. The van der Waals surface area contributed by atoms with Gasteiger partial charge in [0, 0.05) is 44.0 Å². The van der Waals surface area contributed by atoms with Crippen LogP contribution in [0.1, 0.15) is 44.7 Å².